The summed E-state index contributed by atoms with van der Waals surface area (Å²) in [5, 5.41) is 0. The number of hydrogen-bond donors (Lipinski definition) is 0. The molecule has 1 aliphatic rings. The van der Waals surface area contributed by atoms with Crippen molar-refractivity contribution in [3.05, 3.63) is 27.2 Å². The van der Waals surface area contributed by atoms with E-state index in [0.29, 0.717) is 30.9 Å². The Kier molecular flexibility index (Phi) is 2.37. The van der Waals surface area contributed by atoms with Gasteiger partial charge in [0.15, 0.2) is 11.2 Å². The third-order valence-electron chi connectivity index (χ3n) is 3.35. The number of hydrogen-bond acceptors (Lipinski definition) is 4. The second-order valence-corrected chi connectivity index (χ2v) is 4.69. The minimum atomic E-state index is -0.321. The summed E-state index contributed by atoms with van der Waals surface area (Å²) < 4.78 is 9.40. The van der Waals surface area contributed by atoms with E-state index in [9.17, 15) is 9.59 Å². The van der Waals surface area contributed by atoms with Crippen LogP contribution in [0.25, 0.3) is 11.2 Å². The van der Waals surface area contributed by atoms with Crippen molar-refractivity contribution >= 4 is 11.2 Å². The topological polar surface area (TPSA) is 71.1 Å². The summed E-state index contributed by atoms with van der Waals surface area (Å²) in [7, 11) is 3.38. The van der Waals surface area contributed by atoms with Gasteiger partial charge >= 0.3 is 5.69 Å². The van der Waals surface area contributed by atoms with E-state index in [1.165, 1.54) is 9.13 Å². The van der Waals surface area contributed by atoms with Crippen molar-refractivity contribution in [2.45, 2.75) is 6.54 Å². The Balaban J connectivity index is 2.26. The molecule has 7 nitrogen and oxygen atoms in total. The molecule has 0 saturated carbocycles. The number of fused-ring (bicyclic) bond motifs is 1. The molecule has 3 heterocycles. The van der Waals surface area contributed by atoms with Crippen LogP contribution in [0, 0.1) is 5.92 Å². The Hall–Kier alpha value is -1.89. The smallest absolute Gasteiger partial charge is 0.332 e. The van der Waals surface area contributed by atoms with Gasteiger partial charge in [-0.3, -0.25) is 13.9 Å². The zero-order chi connectivity index (χ0) is 12.9. The van der Waals surface area contributed by atoms with Gasteiger partial charge in [0, 0.05) is 26.6 Å². The highest BCUT2D eigenvalue weighted by atomic mass is 16.5. The second kappa shape index (κ2) is 3.81. The first-order valence-electron chi connectivity index (χ1n) is 5.78. The van der Waals surface area contributed by atoms with E-state index in [0.717, 1.165) is 0 Å². The van der Waals surface area contributed by atoms with Gasteiger partial charge in [0.2, 0.25) is 0 Å². The normalized spacial score (nSPS) is 16.1. The zero-order valence-corrected chi connectivity index (χ0v) is 10.3. The molecule has 0 amide bonds. The lowest BCUT2D eigenvalue weighted by Gasteiger charge is -2.26. The Bertz CT molecular complexity index is 720. The fourth-order valence-electron chi connectivity index (χ4n) is 2.21. The van der Waals surface area contributed by atoms with Crippen LogP contribution in [0.3, 0.4) is 0 Å². The van der Waals surface area contributed by atoms with Crippen LogP contribution in [0.15, 0.2) is 15.9 Å². The summed E-state index contributed by atoms with van der Waals surface area (Å²) >= 11 is 0. The van der Waals surface area contributed by atoms with E-state index < -0.39 is 0 Å². The largest absolute Gasteiger partial charge is 0.381 e. The molecular formula is C11H14N4O3. The van der Waals surface area contributed by atoms with Gasteiger partial charge in [0.1, 0.15) is 0 Å². The van der Waals surface area contributed by atoms with Crippen molar-refractivity contribution in [2.24, 2.45) is 20.0 Å². The van der Waals surface area contributed by atoms with E-state index in [-0.39, 0.29) is 17.2 Å². The first-order chi connectivity index (χ1) is 8.59. The van der Waals surface area contributed by atoms with Gasteiger partial charge in [0.25, 0.3) is 5.56 Å². The van der Waals surface area contributed by atoms with Gasteiger partial charge in [-0.2, -0.15) is 0 Å². The van der Waals surface area contributed by atoms with Crippen LogP contribution in [0.5, 0.6) is 0 Å². The summed E-state index contributed by atoms with van der Waals surface area (Å²) in [5.74, 6) is 0.251. The molecule has 96 valence electrons. The van der Waals surface area contributed by atoms with Crippen molar-refractivity contribution in [1.82, 2.24) is 18.7 Å². The van der Waals surface area contributed by atoms with Crippen molar-refractivity contribution in [1.29, 1.82) is 0 Å². The lowest BCUT2D eigenvalue weighted by molar-refractivity contribution is -0.0403. The molecule has 1 saturated heterocycles. The molecule has 0 bridgehead atoms. The Morgan fingerprint density at radius 3 is 2.72 bits per heavy atom. The van der Waals surface area contributed by atoms with Crippen molar-refractivity contribution < 1.29 is 4.74 Å². The second-order valence-electron chi connectivity index (χ2n) is 4.69. The molecule has 0 aromatic carbocycles. The summed E-state index contributed by atoms with van der Waals surface area (Å²) in [5.41, 5.74) is 0.282. The van der Waals surface area contributed by atoms with Gasteiger partial charge in [-0.25, -0.2) is 9.78 Å². The summed E-state index contributed by atoms with van der Waals surface area (Å²) in [6.45, 7) is 1.63. The third-order valence-corrected chi connectivity index (χ3v) is 3.35. The molecule has 3 rings (SSSR count). The van der Waals surface area contributed by atoms with Gasteiger partial charge < -0.3 is 9.30 Å². The fourth-order valence-corrected chi connectivity index (χ4v) is 2.21. The molecule has 0 aliphatic carbocycles. The molecule has 18 heavy (non-hydrogen) atoms. The summed E-state index contributed by atoms with van der Waals surface area (Å²) in [4.78, 5) is 28.5. The Labute approximate surface area is 102 Å². The number of nitrogens with zero attached hydrogens (tertiary/aromatic N) is 4. The van der Waals surface area contributed by atoms with Gasteiger partial charge in [-0.1, -0.05) is 0 Å². The molecule has 0 unspecified atom stereocenters. The highest BCUT2D eigenvalue weighted by Gasteiger charge is 2.22. The molecule has 0 spiro atoms. The van der Waals surface area contributed by atoms with Crippen LogP contribution in [-0.4, -0.2) is 31.9 Å². The van der Waals surface area contributed by atoms with E-state index in [2.05, 4.69) is 4.98 Å². The lowest BCUT2D eigenvalue weighted by Crippen LogP contribution is -2.44. The zero-order valence-electron chi connectivity index (χ0n) is 10.3. The van der Waals surface area contributed by atoms with Crippen LogP contribution in [0.1, 0.15) is 0 Å². The number of rotatable bonds is 2. The number of aromatic nitrogens is 4. The lowest BCUT2D eigenvalue weighted by atomic mass is 10.1. The molecular weight excluding hydrogens is 236 g/mol. The fraction of sp³-hybridized carbons (Fsp3) is 0.545. The van der Waals surface area contributed by atoms with E-state index in [1.54, 1.807) is 25.0 Å². The van der Waals surface area contributed by atoms with Gasteiger partial charge in [0.05, 0.1) is 19.5 Å². The predicted octanol–water partition coefficient (Wildman–Crippen LogP) is -0.920. The van der Waals surface area contributed by atoms with E-state index in [4.69, 9.17) is 4.74 Å². The maximum Gasteiger partial charge on any atom is 0.332 e. The maximum atomic E-state index is 12.3. The van der Waals surface area contributed by atoms with Crippen LogP contribution in [-0.2, 0) is 25.4 Å². The van der Waals surface area contributed by atoms with E-state index in [1.807, 2.05) is 0 Å². The first-order valence-corrected chi connectivity index (χ1v) is 5.78. The van der Waals surface area contributed by atoms with E-state index >= 15 is 0 Å². The third kappa shape index (κ3) is 1.43. The van der Waals surface area contributed by atoms with Crippen LogP contribution >= 0.6 is 0 Å². The number of ether oxygens (including phenoxy) is 1. The monoisotopic (exact) mass is 250 g/mol. The standard InChI is InChI=1S/C11H14N4O3/c1-13-6-12-9-8(13)10(16)15(11(17)14(9)2)3-7-4-18-5-7/h6-7H,3-5H2,1-2H3. The molecule has 7 heteroatoms. The molecule has 0 radical (unpaired) electrons. The summed E-state index contributed by atoms with van der Waals surface area (Å²) in [6.07, 6.45) is 1.54. The molecule has 2 aromatic rings. The molecule has 0 atom stereocenters. The van der Waals surface area contributed by atoms with Crippen LogP contribution in [0.4, 0.5) is 0 Å². The summed E-state index contributed by atoms with van der Waals surface area (Å²) in [6, 6.07) is 0. The van der Waals surface area contributed by atoms with Gasteiger partial charge in [-0.15, -0.1) is 0 Å². The molecule has 2 aromatic heterocycles. The van der Waals surface area contributed by atoms with Crippen molar-refractivity contribution in [2.75, 3.05) is 13.2 Å². The van der Waals surface area contributed by atoms with Crippen LogP contribution in [0.2, 0.25) is 0 Å². The van der Waals surface area contributed by atoms with Gasteiger partial charge in [-0.05, 0) is 0 Å². The quantitative estimate of drug-likeness (QED) is 0.691. The molecule has 0 N–H and O–H groups in total. The average Bonchev–Trinajstić information content (AvgIpc) is 2.66. The molecule has 1 aliphatic heterocycles. The van der Waals surface area contributed by atoms with Crippen molar-refractivity contribution in [3.8, 4) is 0 Å². The predicted molar refractivity (Wildman–Crippen MR) is 64.5 cm³/mol. The minimum absolute atomic E-state index is 0.251. The highest BCUT2D eigenvalue weighted by molar-refractivity contribution is 5.69. The first kappa shape index (κ1) is 11.2. The van der Waals surface area contributed by atoms with Crippen molar-refractivity contribution in [3.63, 3.8) is 0 Å². The Morgan fingerprint density at radius 1 is 1.39 bits per heavy atom. The Morgan fingerprint density at radius 2 is 2.11 bits per heavy atom. The molecule has 1 fully saturated rings. The van der Waals surface area contributed by atoms with Crippen LogP contribution < -0.4 is 11.2 Å². The number of aryl methyl sites for hydroxylation is 2. The maximum absolute atomic E-state index is 12.3. The highest BCUT2D eigenvalue weighted by Crippen LogP contribution is 2.11. The number of imidazole rings is 1. The average molecular weight is 250 g/mol. The minimum Gasteiger partial charge on any atom is -0.381 e. The SMILES string of the molecule is Cn1cnc2c1c(=O)n(CC1COC1)c(=O)n2C.